The third-order valence-corrected chi connectivity index (χ3v) is 4.13. The van der Waals surface area contributed by atoms with E-state index in [0.29, 0.717) is 17.6 Å². The zero-order chi connectivity index (χ0) is 12.8. The molecule has 1 aliphatic carbocycles. The second-order valence-corrected chi connectivity index (χ2v) is 5.25. The first-order valence-corrected chi connectivity index (χ1v) is 7.47. The fourth-order valence-corrected chi connectivity index (χ4v) is 3.27. The molecule has 0 amide bonds. The Labute approximate surface area is 107 Å². The molecule has 0 N–H and O–H groups in total. The van der Waals surface area contributed by atoms with E-state index in [0.717, 1.165) is 32.1 Å². The van der Waals surface area contributed by atoms with Crippen LogP contribution >= 0.6 is 0 Å². The Morgan fingerprint density at radius 2 is 1.53 bits per heavy atom. The highest BCUT2D eigenvalue weighted by molar-refractivity contribution is 6.01. The number of Topliss-reactive ketones (excluding diaryl/α,β-unsaturated/α-hetero) is 1. The summed E-state index contributed by atoms with van der Waals surface area (Å²) in [5, 5.41) is 0. The van der Waals surface area contributed by atoms with Crippen molar-refractivity contribution in [2.24, 2.45) is 11.8 Å². The molecule has 0 spiro atoms. The standard InChI is InChI=1S/C16H28O/c1-5-9-11-14-12(7-3)13(8-4)16(17)15(14)10-6-2/h12-13H,5-11H2,1-4H3. The number of hydrogen-bond acceptors (Lipinski definition) is 1. The van der Waals surface area contributed by atoms with E-state index in [-0.39, 0.29) is 0 Å². The summed E-state index contributed by atoms with van der Waals surface area (Å²) in [6.45, 7) is 8.81. The molecule has 0 aliphatic heterocycles. The number of carbonyl (C=O) groups excluding carboxylic acids is 1. The van der Waals surface area contributed by atoms with Crippen molar-refractivity contribution in [3.05, 3.63) is 11.1 Å². The molecule has 2 unspecified atom stereocenters. The van der Waals surface area contributed by atoms with Crippen LogP contribution in [0.25, 0.3) is 0 Å². The predicted molar refractivity (Wildman–Crippen MR) is 74.0 cm³/mol. The topological polar surface area (TPSA) is 17.1 Å². The van der Waals surface area contributed by atoms with Crippen LogP contribution in [0.3, 0.4) is 0 Å². The maximum atomic E-state index is 12.4. The van der Waals surface area contributed by atoms with Gasteiger partial charge in [-0.3, -0.25) is 4.79 Å². The van der Waals surface area contributed by atoms with Gasteiger partial charge in [0.15, 0.2) is 5.78 Å². The third kappa shape index (κ3) is 3.00. The first-order valence-electron chi connectivity index (χ1n) is 7.47. The first kappa shape index (κ1) is 14.5. The van der Waals surface area contributed by atoms with Crippen molar-refractivity contribution in [3.63, 3.8) is 0 Å². The first-order chi connectivity index (χ1) is 8.21. The zero-order valence-electron chi connectivity index (χ0n) is 12.0. The SMILES string of the molecule is CCCCC1=C(CCC)C(=O)C(CC)C1CC. The van der Waals surface area contributed by atoms with Crippen LogP contribution in [0.15, 0.2) is 11.1 Å². The average molecular weight is 236 g/mol. The Morgan fingerprint density at radius 1 is 0.882 bits per heavy atom. The van der Waals surface area contributed by atoms with Gasteiger partial charge < -0.3 is 0 Å². The molecule has 17 heavy (non-hydrogen) atoms. The largest absolute Gasteiger partial charge is 0.294 e. The molecular weight excluding hydrogens is 208 g/mol. The van der Waals surface area contributed by atoms with Crippen LogP contribution in [-0.4, -0.2) is 5.78 Å². The number of rotatable bonds is 7. The quantitative estimate of drug-likeness (QED) is 0.614. The van der Waals surface area contributed by atoms with Gasteiger partial charge in [0.2, 0.25) is 0 Å². The minimum Gasteiger partial charge on any atom is -0.294 e. The maximum Gasteiger partial charge on any atom is 0.162 e. The van der Waals surface area contributed by atoms with E-state index in [4.69, 9.17) is 0 Å². The molecular formula is C16H28O. The maximum absolute atomic E-state index is 12.4. The van der Waals surface area contributed by atoms with Crippen LogP contribution < -0.4 is 0 Å². The lowest BCUT2D eigenvalue weighted by Crippen LogP contribution is -2.16. The molecule has 98 valence electrons. The number of ketones is 1. The summed E-state index contributed by atoms with van der Waals surface area (Å²) in [5.41, 5.74) is 2.73. The Bertz CT molecular complexity index is 288. The summed E-state index contributed by atoms with van der Waals surface area (Å²) in [4.78, 5) is 12.4. The fourth-order valence-electron chi connectivity index (χ4n) is 3.27. The van der Waals surface area contributed by atoms with Crippen LogP contribution in [0.2, 0.25) is 0 Å². The Balaban J connectivity index is 2.95. The van der Waals surface area contributed by atoms with Gasteiger partial charge in [0.05, 0.1) is 0 Å². The van der Waals surface area contributed by atoms with Gasteiger partial charge in [-0.15, -0.1) is 0 Å². The van der Waals surface area contributed by atoms with Gasteiger partial charge in [-0.2, -0.15) is 0 Å². The molecule has 0 aromatic rings. The zero-order valence-corrected chi connectivity index (χ0v) is 12.0. The molecule has 1 aliphatic rings. The molecule has 0 saturated carbocycles. The van der Waals surface area contributed by atoms with Crippen molar-refractivity contribution in [2.75, 3.05) is 0 Å². The third-order valence-electron chi connectivity index (χ3n) is 4.13. The minimum atomic E-state index is 0.299. The van der Waals surface area contributed by atoms with Gasteiger partial charge in [-0.1, -0.05) is 46.1 Å². The molecule has 0 fully saturated rings. The smallest absolute Gasteiger partial charge is 0.162 e. The number of unbranched alkanes of at least 4 members (excludes halogenated alkanes) is 1. The van der Waals surface area contributed by atoms with E-state index >= 15 is 0 Å². The Kier molecular flexibility index (Phi) is 5.94. The van der Waals surface area contributed by atoms with Crippen LogP contribution in [0.4, 0.5) is 0 Å². The Hall–Kier alpha value is -0.590. The molecule has 0 bridgehead atoms. The molecule has 2 atom stereocenters. The van der Waals surface area contributed by atoms with Crippen molar-refractivity contribution < 1.29 is 4.79 Å². The summed E-state index contributed by atoms with van der Waals surface area (Å²) >= 11 is 0. The molecule has 1 heteroatoms. The number of carbonyl (C=O) groups is 1. The van der Waals surface area contributed by atoms with Crippen LogP contribution in [0.1, 0.15) is 72.6 Å². The molecule has 1 rings (SSSR count). The van der Waals surface area contributed by atoms with Crippen molar-refractivity contribution in [1.29, 1.82) is 0 Å². The summed E-state index contributed by atoms with van der Waals surface area (Å²) in [7, 11) is 0. The lowest BCUT2D eigenvalue weighted by Gasteiger charge is -2.18. The molecule has 0 heterocycles. The van der Waals surface area contributed by atoms with E-state index < -0.39 is 0 Å². The Morgan fingerprint density at radius 3 is 2.00 bits per heavy atom. The van der Waals surface area contributed by atoms with Gasteiger partial charge in [0.1, 0.15) is 0 Å². The monoisotopic (exact) mass is 236 g/mol. The highest BCUT2D eigenvalue weighted by Gasteiger charge is 2.38. The van der Waals surface area contributed by atoms with Crippen LogP contribution in [0, 0.1) is 11.8 Å². The highest BCUT2D eigenvalue weighted by atomic mass is 16.1. The van der Waals surface area contributed by atoms with Crippen molar-refractivity contribution >= 4 is 5.78 Å². The van der Waals surface area contributed by atoms with E-state index in [1.165, 1.54) is 24.0 Å². The fraction of sp³-hybridized carbons (Fsp3) is 0.812. The van der Waals surface area contributed by atoms with Gasteiger partial charge in [-0.25, -0.2) is 0 Å². The lowest BCUT2D eigenvalue weighted by atomic mass is 9.85. The van der Waals surface area contributed by atoms with Gasteiger partial charge in [0, 0.05) is 5.92 Å². The highest BCUT2D eigenvalue weighted by Crippen LogP contribution is 2.42. The molecule has 0 radical (unpaired) electrons. The summed E-state index contributed by atoms with van der Waals surface area (Å²) in [6.07, 6.45) is 7.88. The van der Waals surface area contributed by atoms with E-state index in [1.54, 1.807) is 0 Å². The van der Waals surface area contributed by atoms with Crippen molar-refractivity contribution in [2.45, 2.75) is 72.6 Å². The van der Waals surface area contributed by atoms with Crippen LogP contribution in [0.5, 0.6) is 0 Å². The van der Waals surface area contributed by atoms with E-state index in [2.05, 4.69) is 27.7 Å². The second-order valence-electron chi connectivity index (χ2n) is 5.25. The summed E-state index contributed by atoms with van der Waals surface area (Å²) in [6, 6.07) is 0. The lowest BCUT2D eigenvalue weighted by molar-refractivity contribution is -0.119. The van der Waals surface area contributed by atoms with Crippen molar-refractivity contribution in [1.82, 2.24) is 0 Å². The van der Waals surface area contributed by atoms with Crippen LogP contribution in [-0.2, 0) is 4.79 Å². The molecule has 0 saturated heterocycles. The second kappa shape index (κ2) is 6.98. The molecule has 1 nitrogen and oxygen atoms in total. The van der Waals surface area contributed by atoms with E-state index in [1.807, 2.05) is 0 Å². The summed E-state index contributed by atoms with van der Waals surface area (Å²) < 4.78 is 0. The van der Waals surface area contributed by atoms with E-state index in [9.17, 15) is 4.79 Å². The predicted octanol–water partition coefficient (Wildman–Crippen LogP) is 4.91. The average Bonchev–Trinajstić information content (AvgIpc) is 2.59. The van der Waals surface area contributed by atoms with Gasteiger partial charge >= 0.3 is 0 Å². The number of hydrogen-bond donors (Lipinski definition) is 0. The minimum absolute atomic E-state index is 0.299. The molecule has 0 aromatic carbocycles. The van der Waals surface area contributed by atoms with Crippen molar-refractivity contribution in [3.8, 4) is 0 Å². The van der Waals surface area contributed by atoms with Gasteiger partial charge in [0.25, 0.3) is 0 Å². The summed E-state index contributed by atoms with van der Waals surface area (Å²) in [5.74, 6) is 1.33. The normalized spacial score (nSPS) is 24.8. The molecule has 0 aromatic heterocycles. The van der Waals surface area contributed by atoms with Gasteiger partial charge in [-0.05, 0) is 43.6 Å². The number of allylic oxidation sites excluding steroid dienone is 2.